The maximum absolute atomic E-state index is 11.5. The average molecular weight is 180 g/mol. The number of carbonyl (C=O) groups is 1. The number of hydrogen-bond donors (Lipinski definition) is 1. The zero-order valence-corrected chi connectivity index (χ0v) is 7.88. The Morgan fingerprint density at radius 1 is 1.38 bits per heavy atom. The van der Waals surface area contributed by atoms with Gasteiger partial charge in [-0.1, -0.05) is 19.3 Å². The van der Waals surface area contributed by atoms with Crippen LogP contribution >= 0.6 is 0 Å². The molecule has 0 aromatic heterocycles. The monoisotopic (exact) mass is 180 g/mol. The maximum Gasteiger partial charge on any atom is 0.165 e. The minimum atomic E-state index is -1.05. The van der Waals surface area contributed by atoms with Crippen molar-refractivity contribution in [2.45, 2.75) is 50.5 Å². The third kappa shape index (κ3) is 2.57. The van der Waals surface area contributed by atoms with Gasteiger partial charge < -0.3 is 5.11 Å². The van der Waals surface area contributed by atoms with Crippen LogP contribution in [0.25, 0.3) is 0 Å². The van der Waals surface area contributed by atoms with E-state index in [0.29, 0.717) is 25.7 Å². The van der Waals surface area contributed by atoms with E-state index in [4.69, 9.17) is 6.42 Å². The van der Waals surface area contributed by atoms with E-state index in [1.807, 2.05) is 0 Å². The molecule has 0 unspecified atom stereocenters. The van der Waals surface area contributed by atoms with Crippen LogP contribution in [0.1, 0.15) is 44.9 Å². The zero-order valence-electron chi connectivity index (χ0n) is 7.88. The van der Waals surface area contributed by atoms with Gasteiger partial charge in [-0.2, -0.15) is 0 Å². The molecular formula is C11H16O2. The fraction of sp³-hybridized carbons (Fsp3) is 0.727. The Morgan fingerprint density at radius 2 is 2.00 bits per heavy atom. The van der Waals surface area contributed by atoms with Crippen LogP contribution in [0, 0.1) is 12.3 Å². The second kappa shape index (κ2) is 4.43. The first-order chi connectivity index (χ1) is 6.19. The molecule has 1 fully saturated rings. The first-order valence-electron chi connectivity index (χ1n) is 4.88. The molecule has 1 rings (SSSR count). The van der Waals surface area contributed by atoms with E-state index in [9.17, 15) is 9.90 Å². The van der Waals surface area contributed by atoms with Crippen LogP contribution < -0.4 is 0 Å². The Morgan fingerprint density at radius 3 is 2.54 bits per heavy atom. The van der Waals surface area contributed by atoms with Gasteiger partial charge in [0.2, 0.25) is 0 Å². The van der Waals surface area contributed by atoms with Crippen LogP contribution in [-0.4, -0.2) is 16.5 Å². The molecule has 2 heteroatoms. The summed E-state index contributed by atoms with van der Waals surface area (Å²) in [7, 11) is 0. The molecule has 13 heavy (non-hydrogen) atoms. The smallest absolute Gasteiger partial charge is 0.165 e. The Hall–Kier alpha value is -0.810. The van der Waals surface area contributed by atoms with Crippen LogP contribution in [0.4, 0.5) is 0 Å². The molecule has 1 saturated carbocycles. The lowest BCUT2D eigenvalue weighted by Crippen LogP contribution is -2.40. The Balaban J connectivity index is 2.47. The molecule has 0 saturated heterocycles. The Labute approximate surface area is 79.3 Å². The molecule has 72 valence electrons. The van der Waals surface area contributed by atoms with E-state index in [1.165, 1.54) is 0 Å². The summed E-state index contributed by atoms with van der Waals surface area (Å²) in [6, 6.07) is 0. The molecule has 0 heterocycles. The van der Waals surface area contributed by atoms with Crippen molar-refractivity contribution < 1.29 is 9.90 Å². The molecule has 0 radical (unpaired) electrons. The maximum atomic E-state index is 11.5. The number of carbonyl (C=O) groups excluding carboxylic acids is 1. The van der Waals surface area contributed by atoms with Crippen molar-refractivity contribution in [2.75, 3.05) is 0 Å². The summed E-state index contributed by atoms with van der Waals surface area (Å²) < 4.78 is 0. The van der Waals surface area contributed by atoms with Gasteiger partial charge in [0.05, 0.1) is 0 Å². The summed E-state index contributed by atoms with van der Waals surface area (Å²) in [5, 5.41) is 9.95. The fourth-order valence-electron chi connectivity index (χ4n) is 1.83. The van der Waals surface area contributed by atoms with Crippen molar-refractivity contribution in [2.24, 2.45) is 0 Å². The lowest BCUT2D eigenvalue weighted by Gasteiger charge is -2.30. The fourth-order valence-corrected chi connectivity index (χ4v) is 1.83. The highest BCUT2D eigenvalue weighted by Crippen LogP contribution is 2.29. The SMILES string of the molecule is C#CCCC(=O)C1(O)CCCCC1. The van der Waals surface area contributed by atoms with Gasteiger partial charge in [-0.15, -0.1) is 12.3 Å². The van der Waals surface area contributed by atoms with E-state index in [-0.39, 0.29) is 5.78 Å². The van der Waals surface area contributed by atoms with Crippen molar-refractivity contribution in [1.29, 1.82) is 0 Å². The third-order valence-electron chi connectivity index (χ3n) is 2.70. The lowest BCUT2D eigenvalue weighted by molar-refractivity contribution is -0.140. The molecule has 0 aromatic carbocycles. The predicted molar refractivity (Wildman–Crippen MR) is 51.1 cm³/mol. The van der Waals surface area contributed by atoms with Crippen LogP contribution in [0.2, 0.25) is 0 Å². The summed E-state index contributed by atoms with van der Waals surface area (Å²) in [6.45, 7) is 0. The minimum Gasteiger partial charge on any atom is -0.382 e. The van der Waals surface area contributed by atoms with Gasteiger partial charge in [-0.3, -0.25) is 4.79 Å². The number of hydrogen-bond acceptors (Lipinski definition) is 2. The van der Waals surface area contributed by atoms with Crippen LogP contribution in [0.3, 0.4) is 0 Å². The molecule has 2 nitrogen and oxygen atoms in total. The number of rotatable bonds is 3. The van der Waals surface area contributed by atoms with Crippen molar-refractivity contribution in [3.63, 3.8) is 0 Å². The molecule has 0 spiro atoms. The van der Waals surface area contributed by atoms with Crippen LogP contribution in [-0.2, 0) is 4.79 Å². The second-order valence-electron chi connectivity index (χ2n) is 3.72. The lowest BCUT2D eigenvalue weighted by atomic mass is 9.80. The van der Waals surface area contributed by atoms with Gasteiger partial charge in [0.15, 0.2) is 5.78 Å². The molecule has 1 aliphatic carbocycles. The topological polar surface area (TPSA) is 37.3 Å². The highest BCUT2D eigenvalue weighted by Gasteiger charge is 2.35. The molecule has 0 bridgehead atoms. The summed E-state index contributed by atoms with van der Waals surface area (Å²) in [4.78, 5) is 11.5. The van der Waals surface area contributed by atoms with Gasteiger partial charge >= 0.3 is 0 Å². The van der Waals surface area contributed by atoms with Crippen LogP contribution in [0.15, 0.2) is 0 Å². The molecule has 0 amide bonds. The van der Waals surface area contributed by atoms with Crippen LogP contribution in [0.5, 0.6) is 0 Å². The number of Topliss-reactive ketones (excluding diaryl/α,β-unsaturated/α-hetero) is 1. The van der Waals surface area contributed by atoms with Gasteiger partial charge in [0, 0.05) is 12.8 Å². The molecule has 1 aliphatic rings. The van der Waals surface area contributed by atoms with E-state index in [1.54, 1.807) is 0 Å². The van der Waals surface area contributed by atoms with Crippen molar-refractivity contribution in [3.05, 3.63) is 0 Å². The van der Waals surface area contributed by atoms with Crippen molar-refractivity contribution >= 4 is 5.78 Å². The summed E-state index contributed by atoms with van der Waals surface area (Å²) in [6.07, 6.45) is 10.1. The quantitative estimate of drug-likeness (QED) is 0.671. The summed E-state index contributed by atoms with van der Waals surface area (Å²) in [5.74, 6) is 2.36. The minimum absolute atomic E-state index is 0.0647. The first kappa shape index (κ1) is 10.3. The van der Waals surface area contributed by atoms with Crippen molar-refractivity contribution in [1.82, 2.24) is 0 Å². The van der Waals surface area contributed by atoms with E-state index in [2.05, 4.69) is 5.92 Å². The Bertz CT molecular complexity index is 219. The first-order valence-corrected chi connectivity index (χ1v) is 4.88. The number of ketones is 1. The van der Waals surface area contributed by atoms with Gasteiger partial charge in [0.25, 0.3) is 0 Å². The predicted octanol–water partition coefficient (Wildman–Crippen LogP) is 1.66. The van der Waals surface area contributed by atoms with Gasteiger partial charge in [0.1, 0.15) is 5.60 Å². The van der Waals surface area contributed by atoms with Gasteiger partial charge in [-0.05, 0) is 12.8 Å². The van der Waals surface area contributed by atoms with Crippen molar-refractivity contribution in [3.8, 4) is 12.3 Å². The molecule has 0 atom stereocenters. The van der Waals surface area contributed by atoms with E-state index < -0.39 is 5.60 Å². The molecule has 0 aliphatic heterocycles. The summed E-state index contributed by atoms with van der Waals surface area (Å²) >= 11 is 0. The highest BCUT2D eigenvalue weighted by atomic mass is 16.3. The Kier molecular flexibility index (Phi) is 3.50. The standard InChI is InChI=1S/C11H16O2/c1-2-3-7-10(12)11(13)8-5-4-6-9-11/h1,13H,3-9H2. The molecular weight excluding hydrogens is 164 g/mol. The molecule has 0 aromatic rings. The normalized spacial score (nSPS) is 20.6. The third-order valence-corrected chi connectivity index (χ3v) is 2.70. The second-order valence-corrected chi connectivity index (χ2v) is 3.72. The molecule has 1 N–H and O–H groups in total. The average Bonchev–Trinajstić information content (AvgIpc) is 2.15. The number of aliphatic hydroxyl groups is 1. The van der Waals surface area contributed by atoms with E-state index in [0.717, 1.165) is 19.3 Å². The van der Waals surface area contributed by atoms with E-state index >= 15 is 0 Å². The summed E-state index contributed by atoms with van der Waals surface area (Å²) in [5.41, 5.74) is -1.05. The van der Waals surface area contributed by atoms with Gasteiger partial charge in [-0.25, -0.2) is 0 Å². The number of terminal acetylenes is 1. The zero-order chi connectivity index (χ0) is 9.73. The largest absolute Gasteiger partial charge is 0.382 e. The highest BCUT2D eigenvalue weighted by molar-refractivity contribution is 5.87.